The first-order chi connectivity index (χ1) is 5.70. The summed E-state index contributed by atoms with van der Waals surface area (Å²) in [5.41, 5.74) is 0. The molecule has 0 radical (unpaired) electrons. The highest BCUT2D eigenvalue weighted by molar-refractivity contribution is 6.72. The Morgan fingerprint density at radius 2 is 1.77 bits per heavy atom. The number of hydrogen-bond acceptors (Lipinski definition) is 1. The van der Waals surface area contributed by atoms with Crippen LogP contribution in [0.3, 0.4) is 0 Å². The molecular weight excluding hydrogens is 176 g/mol. The lowest BCUT2D eigenvalue weighted by atomic mass is 9.94. The molecule has 0 aromatic heterocycles. The van der Waals surface area contributed by atoms with Crippen LogP contribution < -0.4 is 0 Å². The number of hydrogen-bond donors (Lipinski definition) is 1. The van der Waals surface area contributed by atoms with Crippen molar-refractivity contribution >= 4 is 8.32 Å². The lowest BCUT2D eigenvalue weighted by molar-refractivity contribution is 0.375. The van der Waals surface area contributed by atoms with Crippen molar-refractivity contribution in [3.05, 3.63) is 0 Å². The largest absolute Gasteiger partial charge is 0.432 e. The van der Waals surface area contributed by atoms with E-state index in [1.54, 1.807) is 0 Å². The van der Waals surface area contributed by atoms with Crippen molar-refractivity contribution in [3.63, 3.8) is 0 Å². The summed E-state index contributed by atoms with van der Waals surface area (Å²) in [7, 11) is -1.98. The molecule has 0 aromatic carbocycles. The van der Waals surface area contributed by atoms with Gasteiger partial charge in [-0.15, -0.1) is 0 Å². The average Bonchev–Trinajstić information content (AvgIpc) is 1.83. The first-order valence-electron chi connectivity index (χ1n) is 5.43. The quantitative estimate of drug-likeness (QED) is 0.673. The Bertz CT molecular complexity index is 147. The average molecular weight is 202 g/mol. The first-order valence-corrected chi connectivity index (χ1v) is 8.38. The maximum absolute atomic E-state index is 10.1. The van der Waals surface area contributed by atoms with Gasteiger partial charge in [0.05, 0.1) is 0 Å². The zero-order valence-corrected chi connectivity index (χ0v) is 11.1. The lowest BCUT2D eigenvalue weighted by Gasteiger charge is -2.37. The zero-order chi connectivity index (χ0) is 10.7. The molecule has 0 aliphatic rings. The summed E-state index contributed by atoms with van der Waals surface area (Å²) in [6.07, 6.45) is 3.70. The highest BCUT2D eigenvalue weighted by atomic mass is 28.4. The molecule has 0 aliphatic carbocycles. The SMILES string of the molecule is CCCC(C)CC(C)(C)[Si](C)(C)O. The molecule has 0 heterocycles. The first kappa shape index (κ1) is 13.2. The number of rotatable bonds is 5. The summed E-state index contributed by atoms with van der Waals surface area (Å²) in [6, 6.07) is 0. The van der Waals surface area contributed by atoms with Gasteiger partial charge in [0, 0.05) is 0 Å². The van der Waals surface area contributed by atoms with Crippen LogP contribution in [0.2, 0.25) is 18.1 Å². The second-order valence-corrected chi connectivity index (χ2v) is 10.0. The zero-order valence-electron chi connectivity index (χ0n) is 10.1. The van der Waals surface area contributed by atoms with E-state index in [-0.39, 0.29) is 5.04 Å². The molecule has 1 N–H and O–H groups in total. The van der Waals surface area contributed by atoms with Crippen LogP contribution in [0.25, 0.3) is 0 Å². The Morgan fingerprint density at radius 3 is 2.08 bits per heavy atom. The van der Waals surface area contributed by atoms with Gasteiger partial charge in [0.1, 0.15) is 0 Å². The molecule has 2 heteroatoms. The van der Waals surface area contributed by atoms with E-state index in [9.17, 15) is 4.80 Å². The van der Waals surface area contributed by atoms with Gasteiger partial charge in [0.25, 0.3) is 0 Å². The minimum atomic E-state index is -1.98. The van der Waals surface area contributed by atoms with Crippen molar-refractivity contribution in [2.75, 3.05) is 0 Å². The molecule has 13 heavy (non-hydrogen) atoms. The Kier molecular flexibility index (Phi) is 4.67. The maximum atomic E-state index is 10.1. The third kappa shape index (κ3) is 4.27. The van der Waals surface area contributed by atoms with Crippen molar-refractivity contribution in [3.8, 4) is 0 Å². The van der Waals surface area contributed by atoms with E-state index in [2.05, 4.69) is 27.7 Å². The summed E-state index contributed by atoms with van der Waals surface area (Å²) < 4.78 is 0. The maximum Gasteiger partial charge on any atom is 0.188 e. The standard InChI is InChI=1S/C11H26OSi/c1-7-8-10(2)9-11(3,4)13(5,6)12/h10,12H,7-9H2,1-6H3. The molecule has 0 saturated heterocycles. The van der Waals surface area contributed by atoms with Crippen molar-refractivity contribution in [2.24, 2.45) is 5.92 Å². The van der Waals surface area contributed by atoms with Gasteiger partial charge in [0.15, 0.2) is 8.32 Å². The predicted molar refractivity (Wildman–Crippen MR) is 62.4 cm³/mol. The van der Waals surface area contributed by atoms with E-state index < -0.39 is 8.32 Å². The molecular formula is C11H26OSi. The molecule has 0 fully saturated rings. The second kappa shape index (κ2) is 4.60. The van der Waals surface area contributed by atoms with Crippen LogP contribution in [0.4, 0.5) is 0 Å². The molecule has 0 spiro atoms. The van der Waals surface area contributed by atoms with Gasteiger partial charge in [-0.3, -0.25) is 0 Å². The van der Waals surface area contributed by atoms with Crippen LogP contribution in [0.15, 0.2) is 0 Å². The Labute approximate surface area is 84.7 Å². The minimum absolute atomic E-state index is 0.154. The predicted octanol–water partition coefficient (Wildman–Crippen LogP) is 3.79. The van der Waals surface area contributed by atoms with Crippen molar-refractivity contribution in [2.45, 2.75) is 65.1 Å². The minimum Gasteiger partial charge on any atom is -0.432 e. The molecule has 0 aliphatic heterocycles. The van der Waals surface area contributed by atoms with Crippen LogP contribution in [0.1, 0.15) is 47.0 Å². The van der Waals surface area contributed by atoms with Crippen LogP contribution in [-0.4, -0.2) is 13.1 Å². The van der Waals surface area contributed by atoms with Crippen molar-refractivity contribution in [1.82, 2.24) is 0 Å². The summed E-state index contributed by atoms with van der Waals surface area (Å²) >= 11 is 0. The van der Waals surface area contributed by atoms with E-state index in [1.165, 1.54) is 12.8 Å². The molecule has 0 amide bonds. The summed E-state index contributed by atoms with van der Waals surface area (Å²) in [5.74, 6) is 0.749. The van der Waals surface area contributed by atoms with Crippen LogP contribution in [0, 0.1) is 5.92 Å². The topological polar surface area (TPSA) is 20.2 Å². The van der Waals surface area contributed by atoms with E-state index in [4.69, 9.17) is 0 Å². The van der Waals surface area contributed by atoms with Gasteiger partial charge in [-0.1, -0.05) is 40.5 Å². The third-order valence-electron chi connectivity index (χ3n) is 3.30. The molecule has 0 rings (SSSR count). The fourth-order valence-corrected chi connectivity index (χ4v) is 2.56. The van der Waals surface area contributed by atoms with E-state index in [0.29, 0.717) is 0 Å². The van der Waals surface area contributed by atoms with Crippen LogP contribution in [-0.2, 0) is 0 Å². The van der Waals surface area contributed by atoms with Crippen LogP contribution >= 0.6 is 0 Å². The Balaban J connectivity index is 4.17. The molecule has 0 aromatic rings. The Morgan fingerprint density at radius 1 is 1.31 bits per heavy atom. The van der Waals surface area contributed by atoms with Crippen molar-refractivity contribution < 1.29 is 4.80 Å². The van der Waals surface area contributed by atoms with Crippen LogP contribution in [0.5, 0.6) is 0 Å². The fourth-order valence-electron chi connectivity index (χ4n) is 1.72. The van der Waals surface area contributed by atoms with E-state index in [1.807, 2.05) is 13.1 Å². The lowest BCUT2D eigenvalue weighted by Crippen LogP contribution is -2.39. The van der Waals surface area contributed by atoms with Gasteiger partial charge < -0.3 is 4.80 Å². The van der Waals surface area contributed by atoms with Gasteiger partial charge in [-0.05, 0) is 30.5 Å². The molecule has 0 saturated carbocycles. The highest BCUT2D eigenvalue weighted by Gasteiger charge is 2.38. The normalized spacial score (nSPS) is 15.9. The van der Waals surface area contributed by atoms with Gasteiger partial charge in [-0.2, -0.15) is 0 Å². The highest BCUT2D eigenvalue weighted by Crippen LogP contribution is 2.42. The molecule has 1 unspecified atom stereocenters. The summed E-state index contributed by atoms with van der Waals surface area (Å²) in [4.78, 5) is 10.1. The summed E-state index contributed by atoms with van der Waals surface area (Å²) in [6.45, 7) is 13.0. The fraction of sp³-hybridized carbons (Fsp3) is 1.00. The van der Waals surface area contributed by atoms with E-state index in [0.717, 1.165) is 12.3 Å². The molecule has 1 atom stereocenters. The smallest absolute Gasteiger partial charge is 0.188 e. The van der Waals surface area contributed by atoms with Gasteiger partial charge in [0.2, 0.25) is 0 Å². The monoisotopic (exact) mass is 202 g/mol. The van der Waals surface area contributed by atoms with E-state index >= 15 is 0 Å². The second-order valence-electron chi connectivity index (χ2n) is 5.54. The van der Waals surface area contributed by atoms with Gasteiger partial charge in [-0.25, -0.2) is 0 Å². The summed E-state index contributed by atoms with van der Waals surface area (Å²) in [5, 5.41) is 0.154. The molecule has 1 nitrogen and oxygen atoms in total. The third-order valence-corrected chi connectivity index (χ3v) is 6.81. The molecule has 0 bridgehead atoms. The molecule has 80 valence electrons. The van der Waals surface area contributed by atoms with Gasteiger partial charge >= 0.3 is 0 Å². The Hall–Kier alpha value is 0.177. The van der Waals surface area contributed by atoms with Crippen molar-refractivity contribution in [1.29, 1.82) is 0 Å².